The lowest BCUT2D eigenvalue weighted by atomic mass is 9.66. The number of nitrogens with zero attached hydrogens (tertiary/aromatic N) is 2. The van der Waals surface area contributed by atoms with Crippen LogP contribution in [0.5, 0.6) is 0 Å². The molecule has 54 heavy (non-hydrogen) atoms. The first-order valence-corrected chi connectivity index (χ1v) is 21.2. The summed E-state index contributed by atoms with van der Waals surface area (Å²) in [5, 5.41) is 0.271. The summed E-state index contributed by atoms with van der Waals surface area (Å²) in [6.45, 7) is 22.4. The molecule has 1 aromatic heterocycles. The van der Waals surface area contributed by atoms with Crippen molar-refractivity contribution in [1.82, 2.24) is 9.13 Å². The Balaban J connectivity index is 1.51. The van der Waals surface area contributed by atoms with Crippen molar-refractivity contribution < 1.29 is 0 Å². The third-order valence-electron chi connectivity index (χ3n) is 11.3. The van der Waals surface area contributed by atoms with Crippen LogP contribution >= 0.6 is 23.5 Å². The second-order valence-corrected chi connectivity index (χ2v) is 19.3. The lowest BCUT2D eigenvalue weighted by Gasteiger charge is -2.38. The Hall–Kier alpha value is -4.00. The molecule has 4 aromatic carbocycles. The van der Waals surface area contributed by atoms with Crippen molar-refractivity contribution in [2.75, 3.05) is 11.5 Å². The molecule has 0 amide bonds. The minimum atomic E-state index is -0.363. The molecular formula is C48H58N2O2S2. The van der Waals surface area contributed by atoms with E-state index in [1.807, 2.05) is 53.9 Å². The normalized spacial score (nSPS) is 12.8. The fourth-order valence-corrected chi connectivity index (χ4v) is 9.48. The molecule has 0 N–H and O–H groups in total. The molecule has 1 atom stereocenters. The van der Waals surface area contributed by atoms with Crippen molar-refractivity contribution in [3.8, 4) is 0 Å². The van der Waals surface area contributed by atoms with E-state index in [9.17, 15) is 9.59 Å². The molecule has 0 bridgehead atoms. The van der Waals surface area contributed by atoms with Crippen molar-refractivity contribution in [3.05, 3.63) is 182 Å². The lowest BCUT2D eigenvalue weighted by Crippen LogP contribution is -2.40. The molecule has 5 rings (SSSR count). The average Bonchev–Trinajstić information content (AvgIpc) is 3.15. The molecule has 0 saturated heterocycles. The molecule has 5 aromatic rings. The van der Waals surface area contributed by atoms with E-state index in [1.165, 1.54) is 32.4 Å². The van der Waals surface area contributed by atoms with Crippen LogP contribution in [0.15, 0.2) is 132 Å². The summed E-state index contributed by atoms with van der Waals surface area (Å²) < 4.78 is 3.11. The van der Waals surface area contributed by atoms with Crippen LogP contribution in [0.4, 0.5) is 0 Å². The molecule has 0 aliphatic carbocycles. The summed E-state index contributed by atoms with van der Waals surface area (Å²) in [7, 11) is 0. The summed E-state index contributed by atoms with van der Waals surface area (Å²) in [6, 6.07) is 38.6. The monoisotopic (exact) mass is 758 g/mol. The Labute approximate surface area is 332 Å². The van der Waals surface area contributed by atoms with Crippen LogP contribution in [0.1, 0.15) is 92.8 Å². The van der Waals surface area contributed by atoms with Crippen molar-refractivity contribution in [2.24, 2.45) is 5.41 Å². The van der Waals surface area contributed by atoms with Gasteiger partial charge in [-0.15, -0.1) is 0 Å². The summed E-state index contributed by atoms with van der Waals surface area (Å²) in [4.78, 5) is 27.4. The van der Waals surface area contributed by atoms with Crippen LogP contribution < -0.4 is 11.2 Å². The van der Waals surface area contributed by atoms with E-state index in [2.05, 4.69) is 134 Å². The Bertz CT molecular complexity index is 2060. The van der Waals surface area contributed by atoms with E-state index in [4.69, 9.17) is 0 Å². The molecule has 1 unspecified atom stereocenters. The van der Waals surface area contributed by atoms with Crippen LogP contribution in [-0.2, 0) is 12.0 Å². The standard InChI is InChI=1S/C48H58N2O2S2/c1-35-20-24-41(25-21-35)48(40-18-14-11-15-19-40,42-26-22-36(2)23-27-42)30-28-43(53-32-33-54-47(8,9)46(5,6)7)29-31-49-34-37(3)44(51)50(45(49)52)38(4)39-16-12-10-13-17-39/h10-27,34,43H,4,28-33H2,1-3,5-9H3. The van der Waals surface area contributed by atoms with Gasteiger partial charge in [0.1, 0.15) is 0 Å². The van der Waals surface area contributed by atoms with Crippen molar-refractivity contribution in [1.29, 1.82) is 0 Å². The zero-order valence-corrected chi connectivity index (χ0v) is 35.2. The van der Waals surface area contributed by atoms with Gasteiger partial charge in [0.2, 0.25) is 0 Å². The molecular weight excluding hydrogens is 701 g/mol. The van der Waals surface area contributed by atoms with E-state index in [1.54, 1.807) is 17.7 Å². The fraction of sp³-hybridized carbons (Fsp3) is 0.375. The molecule has 0 radical (unpaired) electrons. The predicted octanol–water partition coefficient (Wildman–Crippen LogP) is 11.3. The predicted molar refractivity (Wildman–Crippen MR) is 235 cm³/mol. The second-order valence-electron chi connectivity index (χ2n) is 16.2. The number of hydrogen-bond donors (Lipinski definition) is 0. The topological polar surface area (TPSA) is 44.0 Å². The molecule has 4 nitrogen and oxygen atoms in total. The van der Waals surface area contributed by atoms with E-state index < -0.39 is 0 Å². The van der Waals surface area contributed by atoms with Crippen LogP contribution in [-0.4, -0.2) is 30.6 Å². The number of benzene rings is 4. The minimum Gasteiger partial charge on any atom is -0.300 e. The van der Waals surface area contributed by atoms with Gasteiger partial charge in [-0.05, 0) is 67.7 Å². The largest absolute Gasteiger partial charge is 0.335 e. The van der Waals surface area contributed by atoms with E-state index in [0.29, 0.717) is 17.8 Å². The second kappa shape index (κ2) is 17.6. The molecule has 1 heterocycles. The highest BCUT2D eigenvalue weighted by atomic mass is 32.2. The molecule has 0 fully saturated rings. The van der Waals surface area contributed by atoms with E-state index >= 15 is 0 Å². The quantitative estimate of drug-likeness (QED) is 0.0742. The highest BCUT2D eigenvalue weighted by Crippen LogP contribution is 2.45. The zero-order chi connectivity index (χ0) is 39.1. The van der Waals surface area contributed by atoms with Gasteiger partial charge < -0.3 is 0 Å². The van der Waals surface area contributed by atoms with Crippen molar-refractivity contribution in [3.63, 3.8) is 0 Å². The fourth-order valence-electron chi connectivity index (χ4n) is 6.93. The summed E-state index contributed by atoms with van der Waals surface area (Å²) >= 11 is 4.07. The minimum absolute atomic E-state index is 0.141. The highest BCUT2D eigenvalue weighted by molar-refractivity contribution is 8.03. The highest BCUT2D eigenvalue weighted by Gasteiger charge is 2.37. The van der Waals surface area contributed by atoms with Gasteiger partial charge in [-0.2, -0.15) is 23.5 Å². The third kappa shape index (κ3) is 9.44. The first kappa shape index (κ1) is 41.2. The van der Waals surface area contributed by atoms with Gasteiger partial charge in [0, 0.05) is 45.2 Å². The van der Waals surface area contributed by atoms with Crippen LogP contribution in [0.3, 0.4) is 0 Å². The van der Waals surface area contributed by atoms with Gasteiger partial charge in [-0.25, -0.2) is 9.36 Å². The summed E-state index contributed by atoms with van der Waals surface area (Å²) in [6.07, 6.45) is 4.37. The smallest absolute Gasteiger partial charge is 0.300 e. The van der Waals surface area contributed by atoms with Gasteiger partial charge in [0.15, 0.2) is 0 Å². The third-order valence-corrected chi connectivity index (χ3v) is 14.7. The number of aryl methyl sites for hydroxylation is 4. The maximum Gasteiger partial charge on any atom is 0.335 e. The zero-order valence-electron chi connectivity index (χ0n) is 33.5. The number of thioether (sulfide) groups is 2. The lowest BCUT2D eigenvalue weighted by molar-refractivity contribution is 0.320. The first-order chi connectivity index (χ1) is 25.6. The summed E-state index contributed by atoms with van der Waals surface area (Å²) in [5.41, 5.74) is 7.17. The number of aromatic nitrogens is 2. The molecule has 284 valence electrons. The van der Waals surface area contributed by atoms with E-state index in [-0.39, 0.29) is 32.1 Å². The van der Waals surface area contributed by atoms with Crippen molar-refractivity contribution >= 4 is 29.2 Å². The maximum atomic E-state index is 14.0. The van der Waals surface area contributed by atoms with Gasteiger partial charge in [0.25, 0.3) is 5.56 Å². The van der Waals surface area contributed by atoms with Crippen LogP contribution in [0.25, 0.3) is 5.70 Å². The van der Waals surface area contributed by atoms with Gasteiger partial charge >= 0.3 is 5.69 Å². The van der Waals surface area contributed by atoms with Crippen molar-refractivity contribution in [2.45, 2.75) is 96.6 Å². The summed E-state index contributed by atoms with van der Waals surface area (Å²) in [5.74, 6) is 2.06. The molecule has 0 aliphatic rings. The van der Waals surface area contributed by atoms with Gasteiger partial charge in [-0.3, -0.25) is 9.36 Å². The van der Waals surface area contributed by atoms with Gasteiger partial charge in [0.05, 0.1) is 5.70 Å². The van der Waals surface area contributed by atoms with E-state index in [0.717, 1.165) is 36.3 Å². The maximum absolute atomic E-state index is 14.0. The first-order valence-electron chi connectivity index (χ1n) is 19.2. The number of rotatable bonds is 16. The molecule has 0 spiro atoms. The Morgan fingerprint density at radius 1 is 0.685 bits per heavy atom. The van der Waals surface area contributed by atoms with Gasteiger partial charge in [-0.1, -0.05) is 162 Å². The number of hydrogen-bond acceptors (Lipinski definition) is 4. The Kier molecular flexibility index (Phi) is 13.4. The SMILES string of the molecule is C=C(c1ccccc1)n1c(=O)c(C)cn(CCC(CCC(c2ccccc2)(c2ccc(C)cc2)c2ccc(C)cc2)SCCSC(C)(C)C(C)(C)C)c1=O. The van der Waals surface area contributed by atoms with Crippen LogP contribution in [0.2, 0.25) is 0 Å². The Morgan fingerprint density at radius 2 is 1.20 bits per heavy atom. The Morgan fingerprint density at radius 3 is 1.74 bits per heavy atom. The molecule has 0 aliphatic heterocycles. The van der Waals surface area contributed by atoms with Crippen LogP contribution in [0, 0.1) is 26.2 Å². The average molecular weight is 759 g/mol. The molecule has 6 heteroatoms. The molecule has 0 saturated carbocycles.